The lowest BCUT2D eigenvalue weighted by atomic mass is 10.0. The molecule has 1 aromatic heterocycles. The molecule has 0 aliphatic carbocycles. The molecule has 0 radical (unpaired) electrons. The molecule has 0 unspecified atom stereocenters. The third-order valence-corrected chi connectivity index (χ3v) is 6.14. The first-order chi connectivity index (χ1) is 13.8. The summed E-state index contributed by atoms with van der Waals surface area (Å²) < 4.78 is 1.81. The number of carbonyl (C=O) groups excluding carboxylic acids is 1. The fourth-order valence-corrected chi connectivity index (χ4v) is 3.92. The molecule has 0 bridgehead atoms. The molecule has 29 heavy (non-hydrogen) atoms. The van der Waals surface area contributed by atoms with E-state index in [1.54, 1.807) is 0 Å². The van der Waals surface area contributed by atoms with Crippen LogP contribution in [0.3, 0.4) is 0 Å². The zero-order chi connectivity index (χ0) is 21.1. The molecule has 3 rings (SSSR count). The maximum Gasteiger partial charge on any atom is 0.241 e. The first-order valence-corrected chi connectivity index (χ1v) is 10.6. The Morgan fingerprint density at radius 2 is 1.69 bits per heavy atom. The molecule has 1 N–H and O–H groups in total. The molecule has 1 saturated heterocycles. The van der Waals surface area contributed by atoms with Crippen molar-refractivity contribution in [2.24, 2.45) is 7.05 Å². The van der Waals surface area contributed by atoms with Gasteiger partial charge in [-0.25, -0.2) is 0 Å². The number of nitrogens with one attached hydrogen (secondary N) is 1. The molecule has 1 aliphatic heterocycles. The number of hydrogen-bond donors (Lipinski definition) is 1. The van der Waals surface area contributed by atoms with Gasteiger partial charge in [-0.05, 0) is 37.8 Å². The summed E-state index contributed by atoms with van der Waals surface area (Å²) in [5.41, 5.74) is 5.43. The molecule has 6 nitrogen and oxygen atoms in total. The van der Waals surface area contributed by atoms with Crippen LogP contribution in [0.4, 0.5) is 5.69 Å². The van der Waals surface area contributed by atoms with Gasteiger partial charge in [0.05, 0.1) is 23.1 Å². The second-order valence-corrected chi connectivity index (χ2v) is 8.54. The molecule has 1 aliphatic rings. The molecule has 1 atom stereocenters. The zero-order valence-corrected chi connectivity index (χ0v) is 18.7. The number of piperazine rings is 1. The van der Waals surface area contributed by atoms with E-state index in [9.17, 15) is 4.79 Å². The lowest BCUT2D eigenvalue weighted by molar-refractivity contribution is -0.121. The summed E-state index contributed by atoms with van der Waals surface area (Å²) in [6.07, 6.45) is 0. The second kappa shape index (κ2) is 9.09. The van der Waals surface area contributed by atoms with Gasteiger partial charge in [-0.1, -0.05) is 38.1 Å². The predicted octanol–water partition coefficient (Wildman–Crippen LogP) is 3.31. The van der Waals surface area contributed by atoms with Gasteiger partial charge in [-0.2, -0.15) is 5.10 Å². The molecule has 2 heterocycles. The highest BCUT2D eigenvalue weighted by Gasteiger charge is 2.26. The van der Waals surface area contributed by atoms with Crippen molar-refractivity contribution in [3.63, 3.8) is 0 Å². The Kier molecular flexibility index (Phi) is 6.75. The van der Waals surface area contributed by atoms with Gasteiger partial charge in [0.1, 0.15) is 0 Å². The van der Waals surface area contributed by atoms with E-state index in [0.29, 0.717) is 5.92 Å². The Hall–Kier alpha value is -2.18. The van der Waals surface area contributed by atoms with Crippen LogP contribution in [0.25, 0.3) is 0 Å². The van der Waals surface area contributed by atoms with Gasteiger partial charge in [0.2, 0.25) is 5.91 Å². The molecule has 158 valence electrons. The smallest absolute Gasteiger partial charge is 0.241 e. The topological polar surface area (TPSA) is 53.4 Å². The van der Waals surface area contributed by atoms with E-state index in [-0.39, 0.29) is 11.9 Å². The van der Waals surface area contributed by atoms with E-state index in [1.165, 1.54) is 11.1 Å². The van der Waals surface area contributed by atoms with E-state index in [1.807, 2.05) is 32.5 Å². The fourth-order valence-electron chi connectivity index (χ4n) is 3.92. The van der Waals surface area contributed by atoms with E-state index >= 15 is 0 Å². The van der Waals surface area contributed by atoms with E-state index in [4.69, 9.17) is 0 Å². The first kappa shape index (κ1) is 21.5. The van der Waals surface area contributed by atoms with Crippen LogP contribution in [0.2, 0.25) is 0 Å². The van der Waals surface area contributed by atoms with Crippen LogP contribution in [0, 0.1) is 13.8 Å². The number of aromatic nitrogens is 2. The monoisotopic (exact) mass is 397 g/mol. The minimum Gasteiger partial charge on any atom is -0.322 e. The van der Waals surface area contributed by atoms with Gasteiger partial charge in [-0.3, -0.25) is 19.3 Å². The Morgan fingerprint density at radius 1 is 1.07 bits per heavy atom. The summed E-state index contributed by atoms with van der Waals surface area (Å²) in [5.74, 6) is 0.612. The highest BCUT2D eigenvalue weighted by Crippen LogP contribution is 2.20. The third-order valence-electron chi connectivity index (χ3n) is 6.14. The molecule has 1 amide bonds. The lowest BCUT2D eigenvalue weighted by Gasteiger charge is -2.37. The number of carbonyl (C=O) groups is 1. The van der Waals surface area contributed by atoms with E-state index in [0.717, 1.165) is 49.8 Å². The standard InChI is InChI=1S/C23H35N5O/c1-16(2)21-9-7-20(8-10-21)15-27-11-13-28(14-12-27)19(5)23(29)24-22-17(3)25-26(6)18(22)4/h7-10,16,19H,11-15H2,1-6H3,(H,24,29)/t19-/m0/s1. The fraction of sp³-hybridized carbons (Fsp3) is 0.565. The molecule has 6 heteroatoms. The number of aryl methyl sites for hydroxylation is 2. The zero-order valence-electron chi connectivity index (χ0n) is 18.7. The molecular formula is C23H35N5O. The average Bonchev–Trinajstić information content (AvgIpc) is 2.94. The van der Waals surface area contributed by atoms with Gasteiger partial charge in [-0.15, -0.1) is 0 Å². The number of rotatable bonds is 6. The van der Waals surface area contributed by atoms with Gasteiger partial charge < -0.3 is 5.32 Å². The van der Waals surface area contributed by atoms with Crippen LogP contribution < -0.4 is 5.32 Å². The number of benzene rings is 1. The maximum atomic E-state index is 12.8. The van der Waals surface area contributed by atoms with Crippen molar-refractivity contribution in [2.45, 2.75) is 53.1 Å². The van der Waals surface area contributed by atoms with Gasteiger partial charge in [0.25, 0.3) is 0 Å². The largest absolute Gasteiger partial charge is 0.322 e. The third kappa shape index (κ3) is 5.06. The number of hydrogen-bond acceptors (Lipinski definition) is 4. The highest BCUT2D eigenvalue weighted by atomic mass is 16.2. The summed E-state index contributed by atoms with van der Waals surface area (Å²) in [4.78, 5) is 17.5. The molecule has 2 aromatic rings. The first-order valence-electron chi connectivity index (χ1n) is 10.6. The van der Waals surface area contributed by atoms with Crippen molar-refractivity contribution in [1.29, 1.82) is 0 Å². The van der Waals surface area contributed by atoms with E-state index < -0.39 is 0 Å². The minimum atomic E-state index is -0.151. The van der Waals surface area contributed by atoms with Gasteiger partial charge >= 0.3 is 0 Å². The summed E-state index contributed by atoms with van der Waals surface area (Å²) >= 11 is 0. The van der Waals surface area contributed by atoms with Crippen LogP contribution in [-0.4, -0.2) is 57.7 Å². The Bertz CT molecular complexity index is 832. The average molecular weight is 398 g/mol. The van der Waals surface area contributed by atoms with Crippen LogP contribution in [0.15, 0.2) is 24.3 Å². The van der Waals surface area contributed by atoms with Crippen LogP contribution in [0.1, 0.15) is 49.2 Å². The SMILES string of the molecule is Cc1nn(C)c(C)c1NC(=O)[C@H](C)N1CCN(Cc2ccc(C(C)C)cc2)CC1. The molecular weight excluding hydrogens is 362 g/mol. The van der Waals surface area contributed by atoms with Crippen LogP contribution in [-0.2, 0) is 18.4 Å². The van der Waals surface area contributed by atoms with Gasteiger partial charge in [0, 0.05) is 39.8 Å². The molecule has 1 fully saturated rings. The van der Waals surface area contributed by atoms with Crippen molar-refractivity contribution < 1.29 is 4.79 Å². The highest BCUT2D eigenvalue weighted by molar-refractivity contribution is 5.95. The number of anilines is 1. The van der Waals surface area contributed by atoms with Gasteiger partial charge in [0.15, 0.2) is 0 Å². The summed E-state index contributed by atoms with van der Waals surface area (Å²) in [5, 5.41) is 7.47. The van der Waals surface area contributed by atoms with Crippen molar-refractivity contribution >= 4 is 11.6 Å². The van der Waals surface area contributed by atoms with Crippen molar-refractivity contribution in [3.8, 4) is 0 Å². The molecule has 1 aromatic carbocycles. The maximum absolute atomic E-state index is 12.8. The summed E-state index contributed by atoms with van der Waals surface area (Å²) in [6, 6.07) is 8.82. The predicted molar refractivity (Wildman–Crippen MR) is 118 cm³/mol. The van der Waals surface area contributed by atoms with Crippen molar-refractivity contribution in [1.82, 2.24) is 19.6 Å². The number of amides is 1. The Balaban J connectivity index is 1.51. The second-order valence-electron chi connectivity index (χ2n) is 8.54. The lowest BCUT2D eigenvalue weighted by Crippen LogP contribution is -2.52. The van der Waals surface area contributed by atoms with E-state index in [2.05, 4.69) is 58.3 Å². The Labute approximate surface area is 174 Å². The Morgan fingerprint density at radius 3 is 2.21 bits per heavy atom. The van der Waals surface area contributed by atoms with Crippen LogP contribution >= 0.6 is 0 Å². The molecule has 0 spiro atoms. The van der Waals surface area contributed by atoms with Crippen LogP contribution in [0.5, 0.6) is 0 Å². The number of nitrogens with zero attached hydrogens (tertiary/aromatic N) is 4. The quantitative estimate of drug-likeness (QED) is 0.813. The minimum absolute atomic E-state index is 0.0434. The summed E-state index contributed by atoms with van der Waals surface area (Å²) in [6.45, 7) is 15.1. The van der Waals surface area contributed by atoms with Crippen molar-refractivity contribution in [2.75, 3.05) is 31.5 Å². The van der Waals surface area contributed by atoms with Crippen molar-refractivity contribution in [3.05, 3.63) is 46.8 Å². The normalized spacial score (nSPS) is 16.9. The summed E-state index contributed by atoms with van der Waals surface area (Å²) in [7, 11) is 1.90. The molecule has 0 saturated carbocycles.